The van der Waals surface area contributed by atoms with Crippen molar-refractivity contribution in [3.05, 3.63) is 59.7 Å². The van der Waals surface area contributed by atoms with Gasteiger partial charge in [-0.2, -0.15) is 0 Å². The minimum absolute atomic E-state index is 0.0757. The fraction of sp³-hybridized carbons (Fsp3) is 0.278. The molecule has 0 amide bonds. The van der Waals surface area contributed by atoms with Gasteiger partial charge in [-0.25, -0.2) is 0 Å². The summed E-state index contributed by atoms with van der Waals surface area (Å²) in [5.74, 6) is 0.868. The minimum atomic E-state index is -0.126. The second-order valence-corrected chi connectivity index (χ2v) is 4.72. The van der Waals surface area contributed by atoms with Crippen LogP contribution in [0.1, 0.15) is 29.3 Å². The van der Waals surface area contributed by atoms with E-state index in [0.29, 0.717) is 29.2 Å². The fourth-order valence-electron chi connectivity index (χ4n) is 2.04. The molecule has 0 saturated carbocycles. The van der Waals surface area contributed by atoms with Crippen LogP contribution in [0.25, 0.3) is 0 Å². The van der Waals surface area contributed by atoms with Gasteiger partial charge < -0.3 is 14.2 Å². The third-order valence-electron chi connectivity index (χ3n) is 3.05. The van der Waals surface area contributed by atoms with Gasteiger partial charge in [0, 0.05) is 12.7 Å². The van der Waals surface area contributed by atoms with Gasteiger partial charge in [0.1, 0.15) is 17.1 Å². The Morgan fingerprint density at radius 3 is 2.27 bits per heavy atom. The van der Waals surface area contributed by atoms with E-state index in [-0.39, 0.29) is 12.6 Å². The maximum Gasteiger partial charge on any atom is 0.200 e. The summed E-state index contributed by atoms with van der Waals surface area (Å²) in [6.07, 6.45) is 0.863. The number of carbonyl (C=O) groups is 1. The van der Waals surface area contributed by atoms with Gasteiger partial charge in [0.15, 0.2) is 6.79 Å². The van der Waals surface area contributed by atoms with E-state index in [0.717, 1.165) is 6.42 Å². The van der Waals surface area contributed by atoms with Crippen LogP contribution >= 0.6 is 0 Å². The number of methoxy groups -OCH3 is 1. The van der Waals surface area contributed by atoms with Gasteiger partial charge in [0.2, 0.25) is 5.78 Å². The highest BCUT2D eigenvalue weighted by molar-refractivity contribution is 6.12. The molecule has 2 rings (SSSR count). The molecule has 0 bridgehead atoms. The maximum atomic E-state index is 12.8. The lowest BCUT2D eigenvalue weighted by molar-refractivity contribution is 0.0501. The second kappa shape index (κ2) is 8.20. The van der Waals surface area contributed by atoms with Crippen LogP contribution in [0.5, 0.6) is 11.5 Å². The van der Waals surface area contributed by atoms with Crippen molar-refractivity contribution in [3.8, 4) is 11.5 Å². The average molecular weight is 300 g/mol. The molecule has 0 spiro atoms. The average Bonchev–Trinajstić information content (AvgIpc) is 2.58. The van der Waals surface area contributed by atoms with Crippen molar-refractivity contribution in [2.75, 3.05) is 20.5 Å². The Balaban J connectivity index is 2.42. The molecule has 0 radical (unpaired) electrons. The summed E-state index contributed by atoms with van der Waals surface area (Å²) in [5, 5.41) is 0. The first-order valence-corrected chi connectivity index (χ1v) is 7.25. The second-order valence-electron chi connectivity index (χ2n) is 4.72. The molecular weight excluding hydrogens is 280 g/mol. The molecule has 22 heavy (non-hydrogen) atoms. The molecule has 0 saturated heterocycles. The van der Waals surface area contributed by atoms with E-state index < -0.39 is 0 Å². The van der Waals surface area contributed by atoms with E-state index in [1.807, 2.05) is 25.1 Å². The predicted molar refractivity (Wildman–Crippen MR) is 84.6 cm³/mol. The summed E-state index contributed by atoms with van der Waals surface area (Å²) in [5.41, 5.74) is 1.02. The highest BCUT2D eigenvalue weighted by atomic mass is 16.7. The van der Waals surface area contributed by atoms with Crippen LogP contribution in [0, 0.1) is 0 Å². The van der Waals surface area contributed by atoms with Crippen LogP contribution in [0.15, 0.2) is 48.5 Å². The number of benzene rings is 2. The van der Waals surface area contributed by atoms with E-state index in [2.05, 4.69) is 0 Å². The Hall–Kier alpha value is -2.33. The molecule has 0 atom stereocenters. The van der Waals surface area contributed by atoms with Crippen molar-refractivity contribution >= 4 is 5.78 Å². The monoisotopic (exact) mass is 300 g/mol. The summed E-state index contributed by atoms with van der Waals surface area (Å²) >= 11 is 0. The summed E-state index contributed by atoms with van der Waals surface area (Å²) in [6.45, 7) is 2.64. The van der Waals surface area contributed by atoms with Gasteiger partial charge in [-0.3, -0.25) is 4.79 Å². The third-order valence-corrected chi connectivity index (χ3v) is 3.05. The van der Waals surface area contributed by atoms with Crippen molar-refractivity contribution in [2.45, 2.75) is 13.3 Å². The van der Waals surface area contributed by atoms with Crippen molar-refractivity contribution in [3.63, 3.8) is 0 Å². The lowest BCUT2D eigenvalue weighted by Gasteiger charge is -2.15. The zero-order valence-corrected chi connectivity index (χ0v) is 12.9. The van der Waals surface area contributed by atoms with Crippen LogP contribution in [-0.2, 0) is 4.74 Å². The van der Waals surface area contributed by atoms with Gasteiger partial charge in [-0.1, -0.05) is 43.3 Å². The van der Waals surface area contributed by atoms with E-state index in [4.69, 9.17) is 14.2 Å². The van der Waals surface area contributed by atoms with Crippen LogP contribution in [0.4, 0.5) is 0 Å². The Morgan fingerprint density at radius 2 is 1.64 bits per heavy atom. The summed E-state index contributed by atoms with van der Waals surface area (Å²) in [4.78, 5) is 12.8. The standard InChI is InChI=1S/C18H20O4/c1-3-12-21-15-10-7-11-16(22-13-20-2)17(15)18(19)14-8-5-4-6-9-14/h4-11H,3,12-13H2,1-2H3. The van der Waals surface area contributed by atoms with Gasteiger partial charge >= 0.3 is 0 Å². The Bertz CT molecular complexity index is 581. The molecule has 0 N–H and O–H groups in total. The first kappa shape index (κ1) is 16.0. The summed E-state index contributed by atoms with van der Waals surface area (Å²) in [6, 6.07) is 14.4. The van der Waals surface area contributed by atoms with Gasteiger partial charge in [-0.15, -0.1) is 0 Å². The molecule has 4 heteroatoms. The highest BCUT2D eigenvalue weighted by Crippen LogP contribution is 2.31. The maximum absolute atomic E-state index is 12.8. The Kier molecular flexibility index (Phi) is 5.98. The van der Waals surface area contributed by atoms with E-state index in [9.17, 15) is 4.79 Å². The molecule has 0 aliphatic heterocycles. The number of hydrogen-bond acceptors (Lipinski definition) is 4. The number of rotatable bonds is 8. The topological polar surface area (TPSA) is 44.8 Å². The number of ketones is 1. The largest absolute Gasteiger partial charge is 0.493 e. The molecule has 0 heterocycles. The fourth-order valence-corrected chi connectivity index (χ4v) is 2.04. The first-order valence-electron chi connectivity index (χ1n) is 7.25. The molecule has 0 aromatic heterocycles. The van der Waals surface area contributed by atoms with Crippen molar-refractivity contribution < 1.29 is 19.0 Å². The molecule has 0 aliphatic carbocycles. The van der Waals surface area contributed by atoms with Crippen molar-refractivity contribution in [1.29, 1.82) is 0 Å². The predicted octanol–water partition coefficient (Wildman–Crippen LogP) is 3.69. The van der Waals surface area contributed by atoms with Crippen molar-refractivity contribution in [1.82, 2.24) is 0 Å². The summed E-state index contributed by atoms with van der Waals surface area (Å²) < 4.78 is 16.2. The van der Waals surface area contributed by atoms with E-state index in [1.165, 1.54) is 7.11 Å². The molecule has 4 nitrogen and oxygen atoms in total. The molecule has 0 fully saturated rings. The van der Waals surface area contributed by atoms with Gasteiger partial charge in [0.25, 0.3) is 0 Å². The third kappa shape index (κ3) is 3.86. The highest BCUT2D eigenvalue weighted by Gasteiger charge is 2.20. The molecule has 2 aromatic rings. The molecule has 0 unspecified atom stereocenters. The molecule has 116 valence electrons. The number of ether oxygens (including phenoxy) is 3. The van der Waals surface area contributed by atoms with E-state index >= 15 is 0 Å². The normalized spacial score (nSPS) is 10.3. The van der Waals surface area contributed by atoms with Gasteiger partial charge in [0.05, 0.1) is 6.61 Å². The number of carbonyl (C=O) groups excluding carboxylic acids is 1. The summed E-state index contributed by atoms with van der Waals surface area (Å²) in [7, 11) is 1.54. The smallest absolute Gasteiger partial charge is 0.200 e. The molecule has 0 aliphatic rings. The molecular formula is C18H20O4. The zero-order valence-electron chi connectivity index (χ0n) is 12.9. The lowest BCUT2D eigenvalue weighted by atomic mass is 10.0. The SMILES string of the molecule is CCCOc1cccc(OCOC)c1C(=O)c1ccccc1. The number of hydrogen-bond donors (Lipinski definition) is 0. The van der Waals surface area contributed by atoms with Crippen LogP contribution in [-0.4, -0.2) is 26.3 Å². The van der Waals surface area contributed by atoms with Gasteiger partial charge in [-0.05, 0) is 18.6 Å². The van der Waals surface area contributed by atoms with E-state index in [1.54, 1.807) is 30.3 Å². The van der Waals surface area contributed by atoms with Crippen LogP contribution < -0.4 is 9.47 Å². The van der Waals surface area contributed by atoms with Crippen LogP contribution in [0.2, 0.25) is 0 Å². The Morgan fingerprint density at radius 1 is 0.955 bits per heavy atom. The minimum Gasteiger partial charge on any atom is -0.493 e. The quantitative estimate of drug-likeness (QED) is 0.551. The van der Waals surface area contributed by atoms with Crippen LogP contribution in [0.3, 0.4) is 0 Å². The van der Waals surface area contributed by atoms with Crippen molar-refractivity contribution in [2.24, 2.45) is 0 Å². The molecule has 2 aromatic carbocycles. The lowest BCUT2D eigenvalue weighted by Crippen LogP contribution is -2.10. The zero-order chi connectivity index (χ0) is 15.8. The first-order chi connectivity index (χ1) is 10.8. The Labute approximate surface area is 130 Å².